The van der Waals surface area contributed by atoms with Gasteiger partial charge in [-0.1, -0.05) is 61.3 Å². The number of aliphatic hydroxyl groups excluding tert-OH is 1. The third kappa shape index (κ3) is 5.54. The molecule has 0 bridgehead atoms. The van der Waals surface area contributed by atoms with Crippen LogP contribution in [-0.4, -0.2) is 46.1 Å². The zero-order valence-corrected chi connectivity index (χ0v) is 22.2. The van der Waals surface area contributed by atoms with Gasteiger partial charge in [-0.2, -0.15) is 18.3 Å². The van der Waals surface area contributed by atoms with Gasteiger partial charge < -0.3 is 9.84 Å². The smallest absolute Gasteiger partial charge is 0.394 e. The minimum Gasteiger partial charge on any atom is -0.394 e. The van der Waals surface area contributed by atoms with Gasteiger partial charge in [-0.15, -0.1) is 0 Å². The van der Waals surface area contributed by atoms with Crippen LogP contribution in [0.4, 0.5) is 13.2 Å². The van der Waals surface area contributed by atoms with Crippen molar-refractivity contribution in [2.75, 3.05) is 19.8 Å². The third-order valence-electron chi connectivity index (χ3n) is 6.98. The Hall–Kier alpha value is -2.10. The molecule has 4 rings (SSSR count). The van der Waals surface area contributed by atoms with Gasteiger partial charge in [0.2, 0.25) is 0 Å². The molecule has 1 aromatic heterocycles. The Labute approximate surface area is 224 Å². The Morgan fingerprint density at radius 3 is 2.32 bits per heavy atom. The Morgan fingerprint density at radius 1 is 1.14 bits per heavy atom. The van der Waals surface area contributed by atoms with E-state index in [9.17, 15) is 18.3 Å². The average Bonchev–Trinajstić information content (AvgIpc) is 3.40. The van der Waals surface area contributed by atoms with Crippen molar-refractivity contribution < 1.29 is 23.0 Å². The fourth-order valence-electron chi connectivity index (χ4n) is 5.35. The van der Waals surface area contributed by atoms with Gasteiger partial charge in [0.25, 0.3) is 0 Å². The first kappa shape index (κ1) is 27.9. The summed E-state index contributed by atoms with van der Waals surface area (Å²) >= 11 is 13.7. The van der Waals surface area contributed by atoms with Gasteiger partial charge in [-0.3, -0.25) is 10.00 Å². The Balaban J connectivity index is 1.95. The summed E-state index contributed by atoms with van der Waals surface area (Å²) in [5.74, 6) is 0. The van der Waals surface area contributed by atoms with E-state index in [1.165, 1.54) is 5.56 Å². The minimum atomic E-state index is -4.58. The molecule has 2 heterocycles. The minimum absolute atomic E-state index is 0.0251. The Morgan fingerprint density at radius 2 is 1.78 bits per heavy atom. The van der Waals surface area contributed by atoms with Crippen molar-refractivity contribution in [3.63, 3.8) is 0 Å². The predicted molar refractivity (Wildman–Crippen MR) is 138 cm³/mol. The van der Waals surface area contributed by atoms with Crippen molar-refractivity contribution in [1.29, 1.82) is 0 Å². The molecular weight excluding hydrogens is 526 g/mol. The summed E-state index contributed by atoms with van der Waals surface area (Å²) in [6.45, 7) is 4.25. The van der Waals surface area contributed by atoms with Gasteiger partial charge >= 0.3 is 6.18 Å². The van der Waals surface area contributed by atoms with Crippen LogP contribution in [0.15, 0.2) is 36.7 Å². The first-order valence-corrected chi connectivity index (χ1v) is 13.1. The molecule has 0 aliphatic carbocycles. The summed E-state index contributed by atoms with van der Waals surface area (Å²) in [5, 5.41) is 16.3. The molecule has 5 nitrogen and oxygen atoms in total. The highest BCUT2D eigenvalue weighted by atomic mass is 35.5. The number of aromatic nitrogens is 2. The first-order chi connectivity index (χ1) is 17.7. The summed E-state index contributed by atoms with van der Waals surface area (Å²) in [6, 6.07) is 7.34. The second-order valence-electron chi connectivity index (χ2n) is 9.11. The molecule has 200 valence electrons. The van der Waals surface area contributed by atoms with Gasteiger partial charge in [0.15, 0.2) is 0 Å². The maximum atomic E-state index is 14.2. The molecule has 1 aliphatic heterocycles. The highest BCUT2D eigenvalue weighted by Gasteiger charge is 2.42. The van der Waals surface area contributed by atoms with Crippen LogP contribution in [0, 0.1) is 0 Å². The van der Waals surface area contributed by atoms with Crippen LogP contribution in [0.1, 0.15) is 58.8 Å². The van der Waals surface area contributed by atoms with Crippen molar-refractivity contribution in [2.45, 2.75) is 57.9 Å². The maximum absolute atomic E-state index is 14.2. The number of hydrogen-bond donors (Lipinski definition) is 2. The molecule has 0 saturated carbocycles. The number of aliphatic hydroxyl groups is 1. The van der Waals surface area contributed by atoms with Crippen molar-refractivity contribution in [2.24, 2.45) is 0 Å². The molecule has 3 aromatic rings. The lowest BCUT2D eigenvalue weighted by Gasteiger charge is -2.43. The van der Waals surface area contributed by atoms with Crippen LogP contribution in [0.3, 0.4) is 0 Å². The van der Waals surface area contributed by atoms with Gasteiger partial charge in [-0.05, 0) is 41.5 Å². The van der Waals surface area contributed by atoms with Gasteiger partial charge in [0, 0.05) is 29.9 Å². The third-order valence-corrected chi connectivity index (χ3v) is 7.84. The number of hydrogen-bond acceptors (Lipinski definition) is 4. The van der Waals surface area contributed by atoms with E-state index in [4.69, 9.17) is 27.9 Å². The largest absolute Gasteiger partial charge is 0.417 e. The quantitative estimate of drug-likeness (QED) is 0.300. The Kier molecular flexibility index (Phi) is 8.86. The van der Waals surface area contributed by atoms with Crippen molar-refractivity contribution in [1.82, 2.24) is 15.1 Å². The maximum Gasteiger partial charge on any atom is 0.417 e. The molecule has 2 N–H and O–H groups in total. The molecule has 2 unspecified atom stereocenters. The van der Waals surface area contributed by atoms with Crippen LogP contribution < -0.4 is 0 Å². The predicted octanol–water partition coefficient (Wildman–Crippen LogP) is 6.39. The molecule has 0 fully saturated rings. The van der Waals surface area contributed by atoms with Crippen LogP contribution in [0.2, 0.25) is 10.0 Å². The number of aromatic amines is 1. The van der Waals surface area contributed by atoms with Crippen LogP contribution in [-0.2, 0) is 36.7 Å². The molecule has 37 heavy (non-hydrogen) atoms. The summed E-state index contributed by atoms with van der Waals surface area (Å²) in [6.07, 6.45) is -0.341. The van der Waals surface area contributed by atoms with E-state index < -0.39 is 17.8 Å². The van der Waals surface area contributed by atoms with E-state index >= 15 is 0 Å². The number of benzene rings is 2. The number of H-pyrrole nitrogens is 1. The zero-order chi connectivity index (χ0) is 26.7. The molecule has 1 aliphatic rings. The number of nitrogens with one attached hydrogen (secondary N) is 1. The van der Waals surface area contributed by atoms with Crippen LogP contribution >= 0.6 is 23.2 Å². The topological polar surface area (TPSA) is 61.4 Å². The van der Waals surface area contributed by atoms with E-state index in [-0.39, 0.29) is 53.3 Å². The molecule has 0 saturated heterocycles. The number of fused-ring (bicyclic) bond motifs is 1. The summed E-state index contributed by atoms with van der Waals surface area (Å²) in [5.41, 5.74) is 2.82. The van der Waals surface area contributed by atoms with Crippen molar-refractivity contribution in [3.05, 3.63) is 85.6 Å². The first-order valence-electron chi connectivity index (χ1n) is 12.3. The zero-order valence-electron chi connectivity index (χ0n) is 20.7. The van der Waals surface area contributed by atoms with Crippen LogP contribution in [0.5, 0.6) is 0 Å². The van der Waals surface area contributed by atoms with E-state index in [1.807, 2.05) is 18.2 Å². The lowest BCUT2D eigenvalue weighted by Crippen LogP contribution is -2.46. The number of ether oxygens (including phenoxy) is 1. The molecule has 2 atom stereocenters. The number of alkyl halides is 3. The van der Waals surface area contributed by atoms with E-state index in [0.29, 0.717) is 25.1 Å². The number of nitrogens with zero attached hydrogens (tertiary/aromatic N) is 2. The SMILES string of the molecule is CCc1c(Cl)c(C(c2cn[nH]c2)N2Cc3ccccc3CC2COCCO)c(Cl)c(CC)c1C(F)(F)F. The molecule has 2 aromatic carbocycles. The highest BCUT2D eigenvalue weighted by Crippen LogP contribution is 2.49. The lowest BCUT2D eigenvalue weighted by molar-refractivity contribution is -0.138. The second-order valence-corrected chi connectivity index (χ2v) is 9.87. The summed E-state index contributed by atoms with van der Waals surface area (Å²) in [4.78, 5) is 2.17. The standard InChI is InChI=1S/C27H30Cl2F3N3O2/c1-3-20-23(27(30,31)32)21(4-2)25(29)22(24(20)28)26(18-12-33-34-13-18)35-14-17-8-6-5-7-16(17)11-19(35)15-37-10-9-36/h5-8,12-13,19,26,36H,3-4,9-11,14-15H2,1-2H3,(H,33,34). The molecular formula is C27H30Cl2F3N3O2. The van der Waals surface area contributed by atoms with E-state index in [2.05, 4.69) is 21.2 Å². The van der Waals surface area contributed by atoms with Gasteiger partial charge in [0.05, 0.1) is 47.7 Å². The van der Waals surface area contributed by atoms with Crippen LogP contribution in [0.25, 0.3) is 0 Å². The molecule has 0 spiro atoms. The molecule has 0 radical (unpaired) electrons. The summed E-state index contributed by atoms with van der Waals surface area (Å²) in [7, 11) is 0. The average molecular weight is 556 g/mol. The highest BCUT2D eigenvalue weighted by molar-refractivity contribution is 6.37. The van der Waals surface area contributed by atoms with E-state index in [1.54, 1.807) is 26.2 Å². The molecule has 0 amide bonds. The normalized spacial score (nSPS) is 17.1. The van der Waals surface area contributed by atoms with Crippen molar-refractivity contribution in [3.8, 4) is 0 Å². The van der Waals surface area contributed by atoms with Gasteiger partial charge in [-0.25, -0.2) is 0 Å². The second kappa shape index (κ2) is 11.7. The summed E-state index contributed by atoms with van der Waals surface area (Å²) < 4.78 is 48.4. The number of rotatable bonds is 9. The number of halogens is 5. The lowest BCUT2D eigenvalue weighted by atomic mass is 9.86. The monoisotopic (exact) mass is 555 g/mol. The molecule has 10 heteroatoms. The Bertz CT molecular complexity index is 1190. The van der Waals surface area contributed by atoms with Gasteiger partial charge in [0.1, 0.15) is 0 Å². The fourth-order valence-corrected chi connectivity index (χ4v) is 6.25. The van der Waals surface area contributed by atoms with Crippen molar-refractivity contribution >= 4 is 23.2 Å². The fraction of sp³-hybridized carbons (Fsp3) is 0.444. The van der Waals surface area contributed by atoms with E-state index in [0.717, 1.165) is 11.1 Å².